The number of aryl methyl sites for hydroxylation is 1. The standard InChI is InChI=1S/C14H14N2OS/c15-11-5-6-12-10(9-11)3-1-7-16(12)14(17)13-4-2-8-18-13/h2,4-6,8-9H,1,3,7,15H2. The zero-order chi connectivity index (χ0) is 12.5. The van der Waals surface area contributed by atoms with E-state index in [0.29, 0.717) is 0 Å². The van der Waals surface area contributed by atoms with Crippen LogP contribution in [0.3, 0.4) is 0 Å². The summed E-state index contributed by atoms with van der Waals surface area (Å²) in [7, 11) is 0. The molecule has 1 amide bonds. The molecule has 1 aromatic carbocycles. The largest absolute Gasteiger partial charge is 0.399 e. The first-order chi connectivity index (χ1) is 8.75. The quantitative estimate of drug-likeness (QED) is 0.799. The van der Waals surface area contributed by atoms with E-state index in [9.17, 15) is 4.79 Å². The van der Waals surface area contributed by atoms with Crippen molar-refractivity contribution in [3.8, 4) is 0 Å². The second-order valence-electron chi connectivity index (χ2n) is 4.43. The van der Waals surface area contributed by atoms with E-state index in [1.165, 1.54) is 16.9 Å². The van der Waals surface area contributed by atoms with E-state index in [1.54, 1.807) is 0 Å². The van der Waals surface area contributed by atoms with Crippen molar-refractivity contribution in [3.05, 3.63) is 46.2 Å². The number of carbonyl (C=O) groups excluding carboxylic acids is 1. The Morgan fingerprint density at radius 2 is 2.22 bits per heavy atom. The van der Waals surface area contributed by atoms with Crippen molar-refractivity contribution in [1.82, 2.24) is 0 Å². The Hall–Kier alpha value is -1.81. The van der Waals surface area contributed by atoms with Gasteiger partial charge in [0.25, 0.3) is 5.91 Å². The third kappa shape index (κ3) is 1.88. The highest BCUT2D eigenvalue weighted by molar-refractivity contribution is 7.12. The molecule has 0 saturated heterocycles. The molecule has 0 aliphatic carbocycles. The van der Waals surface area contributed by atoms with Crippen LogP contribution < -0.4 is 10.6 Å². The molecule has 3 nitrogen and oxygen atoms in total. The molecule has 0 saturated carbocycles. The SMILES string of the molecule is Nc1ccc2c(c1)CCCN2C(=O)c1cccs1. The number of nitrogens with zero attached hydrogens (tertiary/aromatic N) is 1. The number of hydrogen-bond donors (Lipinski definition) is 1. The summed E-state index contributed by atoms with van der Waals surface area (Å²) < 4.78 is 0. The number of anilines is 2. The van der Waals surface area contributed by atoms with Gasteiger partial charge in [-0.2, -0.15) is 0 Å². The summed E-state index contributed by atoms with van der Waals surface area (Å²) >= 11 is 1.49. The highest BCUT2D eigenvalue weighted by Crippen LogP contribution is 2.30. The number of nitrogen functional groups attached to an aromatic ring is 1. The maximum atomic E-state index is 12.4. The number of rotatable bonds is 1. The smallest absolute Gasteiger partial charge is 0.268 e. The van der Waals surface area contributed by atoms with E-state index in [1.807, 2.05) is 40.6 Å². The first-order valence-corrected chi connectivity index (χ1v) is 6.87. The Labute approximate surface area is 110 Å². The normalized spacial score (nSPS) is 14.3. The number of benzene rings is 1. The Kier molecular flexibility index (Phi) is 2.80. The highest BCUT2D eigenvalue weighted by atomic mass is 32.1. The topological polar surface area (TPSA) is 46.3 Å². The van der Waals surface area contributed by atoms with Gasteiger partial charge < -0.3 is 10.6 Å². The molecule has 0 spiro atoms. The molecule has 2 heterocycles. The van der Waals surface area contributed by atoms with Crippen molar-refractivity contribution in [2.24, 2.45) is 0 Å². The third-order valence-electron chi connectivity index (χ3n) is 3.20. The predicted molar refractivity (Wildman–Crippen MR) is 75.2 cm³/mol. The minimum atomic E-state index is 0.0933. The lowest BCUT2D eigenvalue weighted by atomic mass is 10.0. The molecular formula is C14H14N2OS. The van der Waals surface area contributed by atoms with Crippen LogP contribution in [0, 0.1) is 0 Å². The third-order valence-corrected chi connectivity index (χ3v) is 4.06. The molecule has 1 aromatic heterocycles. The molecular weight excluding hydrogens is 244 g/mol. The lowest BCUT2D eigenvalue weighted by Crippen LogP contribution is -2.35. The lowest BCUT2D eigenvalue weighted by molar-refractivity contribution is 0.0989. The van der Waals surface area contributed by atoms with E-state index in [4.69, 9.17) is 5.73 Å². The van der Waals surface area contributed by atoms with Gasteiger partial charge in [-0.25, -0.2) is 0 Å². The summed E-state index contributed by atoms with van der Waals surface area (Å²) in [5, 5.41) is 1.93. The van der Waals surface area contributed by atoms with Crippen LogP contribution in [0.25, 0.3) is 0 Å². The van der Waals surface area contributed by atoms with Crippen LogP contribution in [0.1, 0.15) is 21.7 Å². The molecule has 1 aliphatic rings. The molecule has 0 radical (unpaired) electrons. The van der Waals surface area contributed by atoms with Crippen molar-refractivity contribution in [2.75, 3.05) is 17.2 Å². The summed E-state index contributed by atoms with van der Waals surface area (Å²) in [4.78, 5) is 15.1. The molecule has 2 N–H and O–H groups in total. The van der Waals surface area contributed by atoms with Gasteiger partial charge in [-0.3, -0.25) is 4.79 Å². The van der Waals surface area contributed by atoms with Crippen LogP contribution in [-0.4, -0.2) is 12.5 Å². The molecule has 1 aliphatic heterocycles. The second kappa shape index (κ2) is 4.46. The Morgan fingerprint density at radius 3 is 3.00 bits per heavy atom. The molecule has 3 rings (SSSR count). The van der Waals surface area contributed by atoms with Crippen molar-refractivity contribution in [1.29, 1.82) is 0 Å². The summed E-state index contributed by atoms with van der Waals surface area (Å²) in [5.74, 6) is 0.0933. The van der Waals surface area contributed by atoms with Crippen LogP contribution in [0.2, 0.25) is 0 Å². The van der Waals surface area contributed by atoms with Crippen molar-refractivity contribution >= 4 is 28.6 Å². The molecule has 0 unspecified atom stereocenters. The van der Waals surface area contributed by atoms with E-state index in [2.05, 4.69) is 0 Å². The zero-order valence-corrected chi connectivity index (χ0v) is 10.7. The average Bonchev–Trinajstić information content (AvgIpc) is 2.90. The second-order valence-corrected chi connectivity index (χ2v) is 5.37. The molecule has 2 aromatic rings. The fourth-order valence-electron chi connectivity index (χ4n) is 2.36. The molecule has 18 heavy (non-hydrogen) atoms. The van der Waals surface area contributed by atoms with E-state index in [-0.39, 0.29) is 5.91 Å². The number of carbonyl (C=O) groups is 1. The number of hydrogen-bond acceptors (Lipinski definition) is 3. The van der Waals surface area contributed by atoms with Crippen LogP contribution >= 0.6 is 11.3 Å². The van der Waals surface area contributed by atoms with Gasteiger partial charge in [-0.05, 0) is 48.1 Å². The Bertz CT molecular complexity index is 577. The van der Waals surface area contributed by atoms with Gasteiger partial charge in [0.05, 0.1) is 4.88 Å². The van der Waals surface area contributed by atoms with Crippen LogP contribution in [0.15, 0.2) is 35.7 Å². The number of thiophene rings is 1. The summed E-state index contributed by atoms with van der Waals surface area (Å²) in [6.07, 6.45) is 1.99. The van der Waals surface area contributed by atoms with Crippen LogP contribution in [-0.2, 0) is 6.42 Å². The van der Waals surface area contributed by atoms with Gasteiger partial charge in [-0.1, -0.05) is 6.07 Å². The van der Waals surface area contributed by atoms with Crippen LogP contribution in [0.5, 0.6) is 0 Å². The summed E-state index contributed by atoms with van der Waals surface area (Å²) in [6.45, 7) is 0.785. The van der Waals surface area contributed by atoms with E-state index < -0.39 is 0 Å². The van der Waals surface area contributed by atoms with Gasteiger partial charge in [0, 0.05) is 17.9 Å². The zero-order valence-electron chi connectivity index (χ0n) is 9.93. The molecule has 92 valence electrons. The molecule has 0 atom stereocenters. The summed E-state index contributed by atoms with van der Waals surface area (Å²) in [6, 6.07) is 9.57. The maximum Gasteiger partial charge on any atom is 0.268 e. The van der Waals surface area contributed by atoms with Gasteiger partial charge in [-0.15, -0.1) is 11.3 Å². The number of fused-ring (bicyclic) bond motifs is 1. The minimum absolute atomic E-state index is 0.0933. The summed E-state index contributed by atoms with van der Waals surface area (Å²) in [5.41, 5.74) is 8.74. The van der Waals surface area contributed by atoms with Crippen molar-refractivity contribution < 1.29 is 4.79 Å². The Balaban J connectivity index is 1.99. The molecule has 4 heteroatoms. The van der Waals surface area contributed by atoms with E-state index in [0.717, 1.165) is 35.6 Å². The first kappa shape index (κ1) is 11.3. The van der Waals surface area contributed by atoms with Gasteiger partial charge in [0.1, 0.15) is 0 Å². The van der Waals surface area contributed by atoms with Crippen LogP contribution in [0.4, 0.5) is 11.4 Å². The Morgan fingerprint density at radius 1 is 1.33 bits per heavy atom. The van der Waals surface area contributed by atoms with Gasteiger partial charge >= 0.3 is 0 Å². The van der Waals surface area contributed by atoms with Gasteiger partial charge in [0.15, 0.2) is 0 Å². The maximum absolute atomic E-state index is 12.4. The minimum Gasteiger partial charge on any atom is -0.399 e. The predicted octanol–water partition coefficient (Wildman–Crippen LogP) is 2.92. The highest BCUT2D eigenvalue weighted by Gasteiger charge is 2.23. The van der Waals surface area contributed by atoms with Crippen molar-refractivity contribution in [2.45, 2.75) is 12.8 Å². The average molecular weight is 258 g/mol. The first-order valence-electron chi connectivity index (χ1n) is 5.99. The van der Waals surface area contributed by atoms with Gasteiger partial charge in [0.2, 0.25) is 0 Å². The fraction of sp³-hybridized carbons (Fsp3) is 0.214. The fourth-order valence-corrected chi connectivity index (χ4v) is 3.03. The monoisotopic (exact) mass is 258 g/mol. The van der Waals surface area contributed by atoms with Crippen molar-refractivity contribution in [3.63, 3.8) is 0 Å². The lowest BCUT2D eigenvalue weighted by Gasteiger charge is -2.29. The number of nitrogens with two attached hydrogens (primary N) is 1. The van der Waals surface area contributed by atoms with E-state index >= 15 is 0 Å². The number of amides is 1. The molecule has 0 bridgehead atoms. The molecule has 0 fully saturated rings.